The molecule has 2 fully saturated rings. The van der Waals surface area contributed by atoms with E-state index in [2.05, 4.69) is 45.5 Å². The molecule has 3 aromatic rings. The second-order valence-electron chi connectivity index (χ2n) is 7.07. The number of likely N-dealkylation sites (tertiary alicyclic amines) is 1. The summed E-state index contributed by atoms with van der Waals surface area (Å²) in [6, 6.07) is 16.6. The number of hydrogen-bond donors (Lipinski definition) is 1. The van der Waals surface area contributed by atoms with Crippen molar-refractivity contribution in [3.63, 3.8) is 0 Å². The molecule has 3 heterocycles. The van der Waals surface area contributed by atoms with Gasteiger partial charge in [-0.1, -0.05) is 35.6 Å². The van der Waals surface area contributed by atoms with Crippen LogP contribution in [-0.4, -0.2) is 36.1 Å². The molecule has 2 aliphatic rings. The van der Waals surface area contributed by atoms with Gasteiger partial charge in [0.1, 0.15) is 5.75 Å². The summed E-state index contributed by atoms with van der Waals surface area (Å²) in [5.41, 5.74) is 2.35. The monoisotopic (exact) mass is 351 g/mol. The van der Waals surface area contributed by atoms with Gasteiger partial charge in [-0.2, -0.15) is 0 Å². The van der Waals surface area contributed by atoms with Crippen LogP contribution in [-0.2, 0) is 6.54 Å². The van der Waals surface area contributed by atoms with Crippen molar-refractivity contribution in [2.24, 2.45) is 11.8 Å². The number of hydrogen-bond acceptors (Lipinski definition) is 5. The smallest absolute Gasteiger partial charge is 0.279 e. The molecule has 2 atom stereocenters. The highest BCUT2D eigenvalue weighted by molar-refractivity contribution is 7.20. The lowest BCUT2D eigenvalue weighted by atomic mass is 10.0. The molecule has 0 saturated carbocycles. The standard InChI is InChI=1S/C20H21N3OS/c1-2-4-19-18(3-1)22-20(25-19)24-17-7-5-14(6-8-17)11-23-12-15-9-21-10-16(15)13-23/h1-8,15-16,21H,9-13H2/t15-,16?/m1/s1. The van der Waals surface area contributed by atoms with Crippen LogP contribution in [0.3, 0.4) is 0 Å². The van der Waals surface area contributed by atoms with E-state index < -0.39 is 0 Å². The Morgan fingerprint density at radius 3 is 2.56 bits per heavy atom. The average Bonchev–Trinajstić information content (AvgIpc) is 3.30. The Labute approximate surface area is 151 Å². The van der Waals surface area contributed by atoms with Gasteiger partial charge in [0.15, 0.2) is 0 Å². The number of fused-ring (bicyclic) bond motifs is 2. The second kappa shape index (κ2) is 6.41. The lowest BCUT2D eigenvalue weighted by molar-refractivity contribution is 0.305. The summed E-state index contributed by atoms with van der Waals surface area (Å²) >= 11 is 1.58. The van der Waals surface area contributed by atoms with Gasteiger partial charge in [0.2, 0.25) is 0 Å². The van der Waals surface area contributed by atoms with Crippen molar-refractivity contribution in [1.82, 2.24) is 15.2 Å². The molecule has 5 rings (SSSR count). The van der Waals surface area contributed by atoms with Gasteiger partial charge in [0, 0.05) is 19.6 Å². The third-order valence-electron chi connectivity index (χ3n) is 5.27. The lowest BCUT2D eigenvalue weighted by Gasteiger charge is -2.17. The molecule has 1 N–H and O–H groups in total. The van der Waals surface area contributed by atoms with Crippen LogP contribution in [0, 0.1) is 11.8 Å². The molecule has 25 heavy (non-hydrogen) atoms. The first-order valence-corrected chi connectivity index (χ1v) is 9.70. The van der Waals surface area contributed by atoms with Gasteiger partial charge in [0.25, 0.3) is 5.19 Å². The highest BCUT2D eigenvalue weighted by atomic mass is 32.1. The molecule has 128 valence electrons. The summed E-state index contributed by atoms with van der Waals surface area (Å²) < 4.78 is 7.09. The van der Waals surface area contributed by atoms with Crippen molar-refractivity contribution >= 4 is 21.6 Å². The van der Waals surface area contributed by atoms with Crippen LogP contribution in [0.15, 0.2) is 48.5 Å². The summed E-state index contributed by atoms with van der Waals surface area (Å²) in [6.07, 6.45) is 0. The van der Waals surface area contributed by atoms with E-state index in [1.54, 1.807) is 11.3 Å². The first-order chi connectivity index (χ1) is 12.3. The molecule has 0 aliphatic carbocycles. The first-order valence-electron chi connectivity index (χ1n) is 8.89. The largest absolute Gasteiger partial charge is 0.431 e. The van der Waals surface area contributed by atoms with E-state index in [1.807, 2.05) is 18.2 Å². The van der Waals surface area contributed by atoms with Crippen LogP contribution in [0.25, 0.3) is 10.2 Å². The summed E-state index contributed by atoms with van der Waals surface area (Å²) in [6.45, 7) is 5.86. The fraction of sp³-hybridized carbons (Fsp3) is 0.350. The van der Waals surface area contributed by atoms with Crippen LogP contribution in [0.4, 0.5) is 0 Å². The summed E-state index contributed by atoms with van der Waals surface area (Å²) in [5, 5.41) is 4.20. The van der Waals surface area contributed by atoms with Crippen molar-refractivity contribution < 1.29 is 4.74 Å². The van der Waals surface area contributed by atoms with Crippen molar-refractivity contribution in [2.45, 2.75) is 6.54 Å². The van der Waals surface area contributed by atoms with E-state index in [0.717, 1.165) is 34.3 Å². The van der Waals surface area contributed by atoms with E-state index in [4.69, 9.17) is 4.74 Å². The molecule has 1 aromatic heterocycles. The van der Waals surface area contributed by atoms with Crippen molar-refractivity contribution in [3.8, 4) is 10.9 Å². The fourth-order valence-electron chi connectivity index (χ4n) is 4.00. The number of para-hydroxylation sites is 1. The molecule has 2 aromatic carbocycles. The molecular weight excluding hydrogens is 330 g/mol. The van der Waals surface area contributed by atoms with Crippen molar-refractivity contribution in [2.75, 3.05) is 26.2 Å². The second-order valence-corrected chi connectivity index (χ2v) is 8.06. The number of nitrogens with zero attached hydrogens (tertiary/aromatic N) is 2. The first kappa shape index (κ1) is 15.3. The normalized spacial score (nSPS) is 23.2. The third-order valence-corrected chi connectivity index (χ3v) is 6.19. The quantitative estimate of drug-likeness (QED) is 0.777. The summed E-state index contributed by atoms with van der Waals surface area (Å²) in [7, 11) is 0. The van der Waals surface area contributed by atoms with Crippen molar-refractivity contribution in [3.05, 3.63) is 54.1 Å². The molecule has 4 nitrogen and oxygen atoms in total. The van der Waals surface area contributed by atoms with Crippen LogP contribution >= 0.6 is 11.3 Å². The molecule has 0 radical (unpaired) electrons. The predicted molar refractivity (Wildman–Crippen MR) is 101 cm³/mol. The zero-order valence-electron chi connectivity index (χ0n) is 14.0. The molecule has 1 unspecified atom stereocenters. The van der Waals surface area contributed by atoms with Gasteiger partial charge in [0.05, 0.1) is 10.2 Å². The maximum absolute atomic E-state index is 5.93. The van der Waals surface area contributed by atoms with Gasteiger partial charge >= 0.3 is 0 Å². The van der Waals surface area contributed by atoms with E-state index >= 15 is 0 Å². The Balaban J connectivity index is 1.24. The molecule has 5 heteroatoms. The highest BCUT2D eigenvalue weighted by Gasteiger charge is 2.35. The Morgan fingerprint density at radius 1 is 1.04 bits per heavy atom. The molecule has 0 bridgehead atoms. The van der Waals surface area contributed by atoms with Gasteiger partial charge < -0.3 is 10.1 Å². The molecule has 2 saturated heterocycles. The van der Waals surface area contributed by atoms with E-state index in [-0.39, 0.29) is 0 Å². The Morgan fingerprint density at radius 2 is 1.80 bits per heavy atom. The van der Waals surface area contributed by atoms with E-state index in [0.29, 0.717) is 5.19 Å². The minimum atomic E-state index is 0.703. The number of nitrogens with one attached hydrogen (secondary N) is 1. The number of ether oxygens (including phenoxy) is 1. The lowest BCUT2D eigenvalue weighted by Crippen LogP contribution is -2.25. The zero-order valence-corrected chi connectivity index (χ0v) is 14.8. The van der Waals surface area contributed by atoms with E-state index in [1.165, 1.54) is 31.7 Å². The highest BCUT2D eigenvalue weighted by Crippen LogP contribution is 2.31. The number of thiazole rings is 1. The molecule has 0 amide bonds. The molecular formula is C20H21N3OS. The van der Waals surface area contributed by atoms with E-state index in [9.17, 15) is 0 Å². The minimum Gasteiger partial charge on any atom is -0.431 e. The van der Waals surface area contributed by atoms with Crippen LogP contribution in [0.1, 0.15) is 5.56 Å². The van der Waals surface area contributed by atoms with Gasteiger partial charge in [-0.15, -0.1) is 0 Å². The van der Waals surface area contributed by atoms with Crippen LogP contribution in [0.2, 0.25) is 0 Å². The zero-order chi connectivity index (χ0) is 16.6. The van der Waals surface area contributed by atoms with Crippen molar-refractivity contribution in [1.29, 1.82) is 0 Å². The summed E-state index contributed by atoms with van der Waals surface area (Å²) in [4.78, 5) is 7.11. The maximum atomic E-state index is 5.93. The minimum absolute atomic E-state index is 0.703. The van der Waals surface area contributed by atoms with Gasteiger partial charge in [-0.05, 0) is 54.8 Å². The Kier molecular flexibility index (Phi) is 3.93. The number of aromatic nitrogens is 1. The molecule has 0 spiro atoms. The fourth-order valence-corrected chi connectivity index (χ4v) is 4.83. The van der Waals surface area contributed by atoms with Crippen LogP contribution < -0.4 is 10.1 Å². The average molecular weight is 351 g/mol. The van der Waals surface area contributed by atoms with Gasteiger partial charge in [-0.25, -0.2) is 4.98 Å². The Hall–Kier alpha value is -1.95. The number of rotatable bonds is 4. The molecule has 2 aliphatic heterocycles. The maximum Gasteiger partial charge on any atom is 0.279 e. The summed E-state index contributed by atoms with van der Waals surface area (Å²) in [5.74, 6) is 2.55. The third kappa shape index (κ3) is 3.15. The van der Waals surface area contributed by atoms with Crippen LogP contribution in [0.5, 0.6) is 10.9 Å². The Bertz CT molecular complexity index is 831. The number of benzene rings is 2. The topological polar surface area (TPSA) is 37.4 Å². The predicted octanol–water partition coefficient (Wildman–Crippen LogP) is 3.74. The SMILES string of the molecule is c1ccc2sc(Oc3ccc(CN4CC5CNC[C@@H]5C4)cc3)nc2c1. The van der Waals surface area contributed by atoms with Gasteiger partial charge in [-0.3, -0.25) is 4.90 Å².